The normalized spacial score (nSPS) is 12.1. The zero-order valence-electron chi connectivity index (χ0n) is 19.6. The molecule has 196 valence electrons. The van der Waals surface area contributed by atoms with Crippen LogP contribution < -0.4 is 0 Å². The van der Waals surface area contributed by atoms with Gasteiger partial charge in [0.1, 0.15) is 29.1 Å². The molecule has 4 rings (SSSR count). The molecule has 9 heteroatoms. The second kappa shape index (κ2) is 10.8. The number of rotatable bonds is 6. The highest BCUT2D eigenvalue weighted by Gasteiger charge is 2.20. The number of hydrogen-bond donors (Lipinski definition) is 0. The van der Waals surface area contributed by atoms with Crippen molar-refractivity contribution >= 4 is 5.83 Å². The second-order valence-electron chi connectivity index (χ2n) is 8.53. The summed E-state index contributed by atoms with van der Waals surface area (Å²) < 4.78 is 126. The van der Waals surface area contributed by atoms with Crippen LogP contribution in [-0.2, 0) is 12.8 Å². The van der Waals surface area contributed by atoms with Gasteiger partial charge in [0, 0.05) is 11.1 Å². The Hall–Kier alpha value is -4.01. The van der Waals surface area contributed by atoms with Gasteiger partial charge in [0.25, 0.3) is 0 Å². The van der Waals surface area contributed by atoms with Crippen LogP contribution in [0.3, 0.4) is 0 Å². The Labute approximate surface area is 211 Å². The summed E-state index contributed by atoms with van der Waals surface area (Å²) in [6.07, 6.45) is -0.595. The summed E-state index contributed by atoms with van der Waals surface area (Å²) in [7, 11) is 0. The van der Waals surface area contributed by atoms with Gasteiger partial charge in [-0.25, -0.2) is 39.5 Å². The highest BCUT2D eigenvalue weighted by Crippen LogP contribution is 2.34. The first-order chi connectivity index (χ1) is 18.0. The van der Waals surface area contributed by atoms with Crippen LogP contribution in [0, 0.1) is 40.7 Å². The molecule has 0 fully saturated rings. The lowest BCUT2D eigenvalue weighted by Crippen LogP contribution is -2.02. The van der Waals surface area contributed by atoms with E-state index in [9.17, 15) is 39.5 Å². The highest BCUT2D eigenvalue weighted by molar-refractivity contribution is 5.73. The molecular weight excluding hydrogens is 519 g/mol. The van der Waals surface area contributed by atoms with E-state index in [4.69, 9.17) is 0 Å². The van der Waals surface area contributed by atoms with Gasteiger partial charge in [-0.3, -0.25) is 0 Å². The van der Waals surface area contributed by atoms with Crippen LogP contribution in [0.1, 0.15) is 23.6 Å². The van der Waals surface area contributed by atoms with E-state index >= 15 is 0 Å². The quantitative estimate of drug-likeness (QED) is 0.170. The average Bonchev–Trinajstić information content (AvgIpc) is 2.85. The minimum absolute atomic E-state index is 0.0384. The van der Waals surface area contributed by atoms with Gasteiger partial charge in [-0.15, -0.1) is 0 Å². The Bertz CT molecular complexity index is 1480. The minimum atomic E-state index is -1.67. The number of benzene rings is 4. The molecule has 0 aliphatic rings. The first kappa shape index (κ1) is 27.0. The summed E-state index contributed by atoms with van der Waals surface area (Å²) >= 11 is 0. The zero-order chi connectivity index (χ0) is 27.7. The fourth-order valence-corrected chi connectivity index (χ4v) is 4.03. The van der Waals surface area contributed by atoms with Gasteiger partial charge in [-0.05, 0) is 78.4 Å². The first-order valence-electron chi connectivity index (χ1n) is 11.2. The lowest BCUT2D eigenvalue weighted by Gasteiger charge is -2.12. The first-order valence-corrected chi connectivity index (χ1v) is 11.2. The topological polar surface area (TPSA) is 0 Å². The molecule has 0 aliphatic carbocycles. The van der Waals surface area contributed by atoms with Crippen molar-refractivity contribution in [3.8, 4) is 22.3 Å². The predicted molar refractivity (Wildman–Crippen MR) is 126 cm³/mol. The second-order valence-corrected chi connectivity index (χ2v) is 8.53. The molecule has 0 unspecified atom stereocenters. The molecule has 0 aromatic heterocycles. The maximum absolute atomic E-state index is 14.9. The Morgan fingerprint density at radius 2 is 1.05 bits per heavy atom. The standard InChI is InChI=1S/C29H17F9/c1-14(30)28(37)17-5-3-16(4-6-17)18-10-23(33)27(24(34)11-18)19-12-21(31)20(22(32)13-19)7-2-15-8-25(35)29(38)26(36)9-15/h3-6,8-13H,2,7H2,1H3/b28-14+. The number of halogens is 9. The molecule has 0 bridgehead atoms. The molecule has 0 nitrogen and oxygen atoms in total. The van der Waals surface area contributed by atoms with E-state index < -0.39 is 69.1 Å². The van der Waals surface area contributed by atoms with E-state index in [-0.39, 0.29) is 35.1 Å². The Kier molecular flexibility index (Phi) is 7.66. The van der Waals surface area contributed by atoms with Gasteiger partial charge >= 0.3 is 0 Å². The Morgan fingerprint density at radius 3 is 1.55 bits per heavy atom. The van der Waals surface area contributed by atoms with Crippen molar-refractivity contribution in [2.45, 2.75) is 19.8 Å². The van der Waals surface area contributed by atoms with E-state index in [2.05, 4.69) is 0 Å². The van der Waals surface area contributed by atoms with E-state index in [1.54, 1.807) is 0 Å². The third kappa shape index (κ3) is 5.46. The van der Waals surface area contributed by atoms with Crippen LogP contribution in [0.4, 0.5) is 39.5 Å². The third-order valence-corrected chi connectivity index (χ3v) is 5.95. The zero-order valence-corrected chi connectivity index (χ0v) is 19.6. The van der Waals surface area contributed by atoms with Crippen LogP contribution in [0.5, 0.6) is 0 Å². The van der Waals surface area contributed by atoms with Crippen molar-refractivity contribution in [3.05, 3.63) is 124 Å². The maximum atomic E-state index is 14.9. The van der Waals surface area contributed by atoms with E-state index in [1.165, 1.54) is 24.3 Å². The summed E-state index contributed by atoms with van der Waals surface area (Å²) in [6.45, 7) is 0.943. The van der Waals surface area contributed by atoms with Crippen LogP contribution in [0.2, 0.25) is 0 Å². The van der Waals surface area contributed by atoms with E-state index in [0.29, 0.717) is 12.1 Å². The summed E-state index contributed by atoms with van der Waals surface area (Å²) in [5.74, 6) is -11.2. The maximum Gasteiger partial charge on any atom is 0.194 e. The number of allylic oxidation sites excluding steroid dienone is 1. The molecule has 0 N–H and O–H groups in total. The molecule has 4 aromatic rings. The van der Waals surface area contributed by atoms with Crippen molar-refractivity contribution in [1.82, 2.24) is 0 Å². The summed E-state index contributed by atoms with van der Waals surface area (Å²) in [5.41, 5.74) is -1.38. The van der Waals surface area contributed by atoms with Crippen molar-refractivity contribution < 1.29 is 39.5 Å². The van der Waals surface area contributed by atoms with Gasteiger partial charge in [-0.2, -0.15) is 0 Å². The molecule has 0 saturated carbocycles. The summed E-state index contributed by atoms with van der Waals surface area (Å²) in [5, 5.41) is 0. The fraction of sp³-hybridized carbons (Fsp3) is 0.103. The van der Waals surface area contributed by atoms with Gasteiger partial charge < -0.3 is 0 Å². The smallest absolute Gasteiger partial charge is 0.194 e. The lowest BCUT2D eigenvalue weighted by molar-refractivity contribution is 0.445. The van der Waals surface area contributed by atoms with Crippen LogP contribution in [-0.4, -0.2) is 0 Å². The molecule has 0 heterocycles. The van der Waals surface area contributed by atoms with Crippen molar-refractivity contribution in [3.63, 3.8) is 0 Å². The predicted octanol–water partition coefficient (Wildman–Crippen LogP) is 9.41. The van der Waals surface area contributed by atoms with E-state index in [0.717, 1.165) is 31.2 Å². The molecule has 38 heavy (non-hydrogen) atoms. The summed E-state index contributed by atoms with van der Waals surface area (Å²) in [4.78, 5) is 0. The van der Waals surface area contributed by atoms with Crippen LogP contribution in [0.15, 0.2) is 66.5 Å². The minimum Gasteiger partial charge on any atom is -0.209 e. The Morgan fingerprint density at radius 1 is 0.553 bits per heavy atom. The number of hydrogen-bond acceptors (Lipinski definition) is 0. The fourth-order valence-electron chi connectivity index (χ4n) is 4.03. The van der Waals surface area contributed by atoms with Gasteiger partial charge in [0.15, 0.2) is 23.3 Å². The largest absolute Gasteiger partial charge is 0.209 e. The molecule has 4 aromatic carbocycles. The molecule has 0 amide bonds. The SMILES string of the molecule is C/C(F)=C(\F)c1ccc(-c2cc(F)c(-c3cc(F)c(CCc4cc(F)c(F)c(F)c4)c(F)c3)c(F)c2)cc1. The molecule has 0 aliphatic heterocycles. The number of aryl methyl sites for hydroxylation is 1. The molecule has 0 spiro atoms. The molecule has 0 saturated heterocycles. The average molecular weight is 536 g/mol. The highest BCUT2D eigenvalue weighted by atomic mass is 19.2. The van der Waals surface area contributed by atoms with Gasteiger partial charge in [-0.1, -0.05) is 24.3 Å². The van der Waals surface area contributed by atoms with Crippen molar-refractivity contribution in [2.24, 2.45) is 0 Å². The molecule has 0 atom stereocenters. The van der Waals surface area contributed by atoms with Crippen LogP contribution in [0.25, 0.3) is 28.1 Å². The van der Waals surface area contributed by atoms with E-state index in [1.807, 2.05) is 0 Å². The molecular formula is C29H17F9. The molecule has 0 radical (unpaired) electrons. The van der Waals surface area contributed by atoms with Crippen LogP contribution >= 0.6 is 0 Å². The van der Waals surface area contributed by atoms with Crippen molar-refractivity contribution in [1.29, 1.82) is 0 Å². The van der Waals surface area contributed by atoms with Crippen molar-refractivity contribution in [2.75, 3.05) is 0 Å². The lowest BCUT2D eigenvalue weighted by atomic mass is 9.96. The van der Waals surface area contributed by atoms with Gasteiger partial charge in [0.2, 0.25) is 0 Å². The third-order valence-electron chi connectivity index (χ3n) is 5.95. The Balaban J connectivity index is 1.61. The summed E-state index contributed by atoms with van der Waals surface area (Å²) in [6, 6.07) is 9.87. The monoisotopic (exact) mass is 536 g/mol. The van der Waals surface area contributed by atoms with Gasteiger partial charge in [0.05, 0.1) is 5.56 Å².